The van der Waals surface area contributed by atoms with Crippen LogP contribution in [0.2, 0.25) is 0 Å². The summed E-state index contributed by atoms with van der Waals surface area (Å²) in [5.74, 6) is -0.0289. The van der Waals surface area contributed by atoms with Crippen LogP contribution in [0.4, 0.5) is 0 Å². The Labute approximate surface area is 84.8 Å². The third-order valence-corrected chi connectivity index (χ3v) is 2.76. The number of thiophene rings is 1. The zero-order valence-corrected chi connectivity index (χ0v) is 8.22. The quantitative estimate of drug-likeness (QED) is 0.750. The van der Waals surface area contributed by atoms with Crippen molar-refractivity contribution in [2.75, 3.05) is 5.88 Å². The average Bonchev–Trinajstić information content (AvgIpc) is 2.63. The highest BCUT2D eigenvalue weighted by atomic mass is 35.5. The van der Waals surface area contributed by atoms with Crippen molar-refractivity contribution in [1.82, 2.24) is 0 Å². The zero-order valence-electron chi connectivity index (χ0n) is 6.64. The number of alkyl halides is 1. The SMILES string of the molecule is N#Cc1cc(C(O)C(O)CCl)cs1. The number of hydrogen-bond donors (Lipinski definition) is 2. The Kier molecular flexibility index (Phi) is 3.70. The van der Waals surface area contributed by atoms with E-state index < -0.39 is 12.2 Å². The van der Waals surface area contributed by atoms with Crippen molar-refractivity contribution in [2.45, 2.75) is 12.2 Å². The molecule has 0 saturated carbocycles. The fourth-order valence-corrected chi connectivity index (χ4v) is 1.77. The van der Waals surface area contributed by atoms with Crippen LogP contribution in [0.5, 0.6) is 0 Å². The fourth-order valence-electron chi connectivity index (χ4n) is 0.871. The number of rotatable bonds is 3. The molecule has 2 N–H and O–H groups in total. The molecule has 0 fully saturated rings. The van der Waals surface area contributed by atoms with Gasteiger partial charge in [0.15, 0.2) is 0 Å². The van der Waals surface area contributed by atoms with Crippen LogP contribution >= 0.6 is 22.9 Å². The highest BCUT2D eigenvalue weighted by Gasteiger charge is 2.18. The van der Waals surface area contributed by atoms with Crippen LogP contribution in [0.25, 0.3) is 0 Å². The minimum absolute atomic E-state index is 0.0289. The minimum Gasteiger partial charge on any atom is -0.389 e. The Morgan fingerprint density at radius 3 is 2.77 bits per heavy atom. The maximum absolute atomic E-state index is 9.46. The highest BCUT2D eigenvalue weighted by Crippen LogP contribution is 2.23. The first-order valence-corrected chi connectivity index (χ1v) is 5.01. The predicted octanol–water partition coefficient (Wildman–Crippen LogP) is 1.25. The van der Waals surface area contributed by atoms with E-state index in [-0.39, 0.29) is 5.88 Å². The van der Waals surface area contributed by atoms with Gasteiger partial charge in [0.2, 0.25) is 0 Å². The molecule has 0 saturated heterocycles. The average molecular weight is 218 g/mol. The molecule has 0 aliphatic heterocycles. The molecular weight excluding hydrogens is 210 g/mol. The van der Waals surface area contributed by atoms with Gasteiger partial charge >= 0.3 is 0 Å². The van der Waals surface area contributed by atoms with Crippen LogP contribution in [0.3, 0.4) is 0 Å². The molecule has 5 heteroatoms. The molecule has 1 rings (SSSR count). The first-order chi connectivity index (χ1) is 6.19. The van der Waals surface area contributed by atoms with Gasteiger partial charge in [-0.25, -0.2) is 0 Å². The van der Waals surface area contributed by atoms with Crippen molar-refractivity contribution in [3.05, 3.63) is 21.9 Å². The molecule has 2 unspecified atom stereocenters. The molecule has 70 valence electrons. The lowest BCUT2D eigenvalue weighted by Gasteiger charge is -2.13. The number of aliphatic hydroxyl groups excluding tert-OH is 2. The minimum atomic E-state index is -1.00. The van der Waals surface area contributed by atoms with Crippen molar-refractivity contribution in [3.63, 3.8) is 0 Å². The van der Waals surface area contributed by atoms with Crippen molar-refractivity contribution in [3.8, 4) is 6.07 Å². The number of hydrogen-bond acceptors (Lipinski definition) is 4. The van der Waals surface area contributed by atoms with Gasteiger partial charge in [-0.2, -0.15) is 5.26 Å². The van der Waals surface area contributed by atoms with Gasteiger partial charge in [-0.05, 0) is 17.0 Å². The summed E-state index contributed by atoms with van der Waals surface area (Å²) in [4.78, 5) is 0.510. The lowest BCUT2D eigenvalue weighted by atomic mass is 10.1. The second kappa shape index (κ2) is 4.58. The summed E-state index contributed by atoms with van der Waals surface area (Å²) in [6.07, 6.45) is -1.99. The van der Waals surface area contributed by atoms with Crippen LogP contribution in [-0.2, 0) is 0 Å². The van der Waals surface area contributed by atoms with E-state index in [1.807, 2.05) is 6.07 Å². The molecule has 0 radical (unpaired) electrons. The van der Waals surface area contributed by atoms with E-state index in [0.29, 0.717) is 10.4 Å². The Morgan fingerprint density at radius 2 is 2.31 bits per heavy atom. The fraction of sp³-hybridized carbons (Fsp3) is 0.375. The number of nitriles is 1. The highest BCUT2D eigenvalue weighted by molar-refractivity contribution is 7.10. The van der Waals surface area contributed by atoms with E-state index in [2.05, 4.69) is 0 Å². The van der Waals surface area contributed by atoms with Crippen LogP contribution in [0.1, 0.15) is 16.5 Å². The molecule has 0 aromatic carbocycles. The third-order valence-electron chi connectivity index (χ3n) is 1.59. The maximum atomic E-state index is 9.46. The molecule has 0 aliphatic rings. The van der Waals surface area contributed by atoms with Gasteiger partial charge in [-0.15, -0.1) is 22.9 Å². The lowest BCUT2D eigenvalue weighted by molar-refractivity contribution is 0.0330. The van der Waals surface area contributed by atoms with Crippen LogP contribution in [0, 0.1) is 11.3 Å². The Bertz CT molecular complexity index is 320. The van der Waals surface area contributed by atoms with Crippen molar-refractivity contribution < 1.29 is 10.2 Å². The second-order valence-electron chi connectivity index (χ2n) is 2.52. The monoisotopic (exact) mass is 217 g/mol. The van der Waals surface area contributed by atoms with E-state index in [1.165, 1.54) is 11.3 Å². The molecule has 1 aromatic rings. The largest absolute Gasteiger partial charge is 0.389 e. The topological polar surface area (TPSA) is 64.2 Å². The van der Waals surface area contributed by atoms with Crippen molar-refractivity contribution in [1.29, 1.82) is 5.26 Å². The molecule has 2 atom stereocenters. The first-order valence-electron chi connectivity index (χ1n) is 3.59. The molecule has 3 nitrogen and oxygen atoms in total. The standard InChI is InChI=1S/C8H8ClNO2S/c9-2-7(11)8(12)5-1-6(3-10)13-4-5/h1,4,7-8,11-12H,2H2. The smallest absolute Gasteiger partial charge is 0.110 e. The lowest BCUT2D eigenvalue weighted by Crippen LogP contribution is -2.19. The molecule has 13 heavy (non-hydrogen) atoms. The summed E-state index contributed by atoms with van der Waals surface area (Å²) < 4.78 is 0. The van der Waals surface area contributed by atoms with Gasteiger partial charge in [-0.1, -0.05) is 0 Å². The Morgan fingerprint density at radius 1 is 1.62 bits per heavy atom. The Balaban J connectivity index is 2.78. The molecule has 0 bridgehead atoms. The molecule has 0 amide bonds. The van der Waals surface area contributed by atoms with E-state index in [1.54, 1.807) is 11.4 Å². The molecule has 0 aliphatic carbocycles. The Hall–Kier alpha value is -0.600. The first kappa shape index (κ1) is 10.5. The number of aliphatic hydroxyl groups is 2. The summed E-state index contributed by atoms with van der Waals surface area (Å²) in [5.41, 5.74) is 0.537. The predicted molar refractivity (Wildman–Crippen MR) is 50.7 cm³/mol. The summed E-state index contributed by atoms with van der Waals surface area (Å²) >= 11 is 6.60. The number of halogens is 1. The van der Waals surface area contributed by atoms with Gasteiger partial charge in [-0.3, -0.25) is 0 Å². The van der Waals surface area contributed by atoms with E-state index in [0.717, 1.165) is 0 Å². The summed E-state index contributed by atoms with van der Waals surface area (Å²) in [6.45, 7) is 0. The van der Waals surface area contributed by atoms with Gasteiger partial charge in [0.1, 0.15) is 17.1 Å². The zero-order chi connectivity index (χ0) is 9.84. The van der Waals surface area contributed by atoms with E-state index in [4.69, 9.17) is 16.9 Å². The summed E-state index contributed by atoms with van der Waals surface area (Å²) in [6, 6.07) is 3.50. The van der Waals surface area contributed by atoms with Gasteiger partial charge in [0.05, 0.1) is 12.0 Å². The summed E-state index contributed by atoms with van der Waals surface area (Å²) in [5, 5.41) is 28.8. The van der Waals surface area contributed by atoms with Gasteiger partial charge < -0.3 is 10.2 Å². The van der Waals surface area contributed by atoms with E-state index in [9.17, 15) is 10.2 Å². The molecule has 0 spiro atoms. The van der Waals surface area contributed by atoms with Crippen LogP contribution in [0.15, 0.2) is 11.4 Å². The molecular formula is C8H8ClNO2S. The summed E-state index contributed by atoms with van der Waals surface area (Å²) in [7, 11) is 0. The van der Waals surface area contributed by atoms with Crippen LogP contribution < -0.4 is 0 Å². The second-order valence-corrected chi connectivity index (χ2v) is 3.74. The van der Waals surface area contributed by atoms with Crippen molar-refractivity contribution >= 4 is 22.9 Å². The number of nitrogens with zero attached hydrogens (tertiary/aromatic N) is 1. The van der Waals surface area contributed by atoms with E-state index >= 15 is 0 Å². The van der Waals surface area contributed by atoms with Gasteiger partial charge in [0, 0.05) is 0 Å². The normalized spacial score (nSPS) is 14.9. The van der Waals surface area contributed by atoms with Gasteiger partial charge in [0.25, 0.3) is 0 Å². The van der Waals surface area contributed by atoms with Crippen molar-refractivity contribution in [2.24, 2.45) is 0 Å². The van der Waals surface area contributed by atoms with Crippen LogP contribution in [-0.4, -0.2) is 22.2 Å². The molecule has 1 aromatic heterocycles. The maximum Gasteiger partial charge on any atom is 0.110 e. The third kappa shape index (κ3) is 2.42. The molecule has 1 heterocycles.